The van der Waals surface area contributed by atoms with E-state index in [2.05, 4.69) is 28.0 Å². The van der Waals surface area contributed by atoms with Gasteiger partial charge in [0, 0.05) is 5.69 Å². The normalized spacial score (nSPS) is 11.2. The maximum Gasteiger partial charge on any atom is 0.263 e. The van der Waals surface area contributed by atoms with E-state index >= 15 is 0 Å². The van der Waals surface area contributed by atoms with Gasteiger partial charge in [0.05, 0.1) is 16.8 Å². The minimum absolute atomic E-state index is 0.0274. The van der Waals surface area contributed by atoms with Gasteiger partial charge in [-0.3, -0.25) is 4.72 Å². The summed E-state index contributed by atoms with van der Waals surface area (Å²) in [6, 6.07) is 14.1. The van der Waals surface area contributed by atoms with Crippen LogP contribution in [0, 0.1) is 12.7 Å². The molecule has 0 saturated carbocycles. The summed E-state index contributed by atoms with van der Waals surface area (Å²) in [4.78, 5) is 4.13. The molecule has 0 saturated heterocycles. The molecule has 0 fully saturated rings. The van der Waals surface area contributed by atoms with Gasteiger partial charge in [-0.15, -0.1) is 0 Å². The maximum absolute atomic E-state index is 13.0. The number of rotatable bonds is 6. The molecule has 1 heterocycles. The molecule has 0 bridgehead atoms. The second-order valence-electron chi connectivity index (χ2n) is 6.08. The zero-order valence-electron chi connectivity index (χ0n) is 15.0. The monoisotopic (exact) mass is 385 g/mol. The molecule has 0 aliphatic heterocycles. The van der Waals surface area contributed by atoms with Gasteiger partial charge in [0.15, 0.2) is 0 Å². The quantitative estimate of drug-likeness (QED) is 0.649. The highest BCUT2D eigenvalue weighted by atomic mass is 32.2. The van der Waals surface area contributed by atoms with Gasteiger partial charge in [-0.1, -0.05) is 25.1 Å². The van der Waals surface area contributed by atoms with Crippen LogP contribution in [-0.2, 0) is 16.4 Å². The first kappa shape index (κ1) is 18.8. The molecule has 0 unspecified atom stereocenters. The second kappa shape index (κ2) is 7.75. The number of aromatic nitrogens is 1. The van der Waals surface area contributed by atoms with Gasteiger partial charge in [0.1, 0.15) is 11.6 Å². The predicted molar refractivity (Wildman–Crippen MR) is 105 cm³/mol. The second-order valence-corrected chi connectivity index (χ2v) is 7.76. The first-order chi connectivity index (χ1) is 12.9. The zero-order valence-corrected chi connectivity index (χ0v) is 15.8. The van der Waals surface area contributed by atoms with E-state index in [4.69, 9.17) is 0 Å². The van der Waals surface area contributed by atoms with Gasteiger partial charge in [-0.05, 0) is 60.9 Å². The summed E-state index contributed by atoms with van der Waals surface area (Å²) < 4.78 is 40.0. The molecule has 0 aliphatic rings. The fourth-order valence-corrected chi connectivity index (χ4v) is 3.69. The van der Waals surface area contributed by atoms with Gasteiger partial charge in [-0.2, -0.15) is 0 Å². The molecule has 0 aliphatic carbocycles. The third kappa shape index (κ3) is 4.43. The van der Waals surface area contributed by atoms with Crippen molar-refractivity contribution in [3.63, 3.8) is 0 Å². The number of anilines is 3. The Hall–Kier alpha value is -2.93. The fraction of sp³-hybridized carbons (Fsp3) is 0.150. The van der Waals surface area contributed by atoms with Crippen LogP contribution in [0.2, 0.25) is 0 Å². The molecule has 0 amide bonds. The third-order valence-corrected chi connectivity index (χ3v) is 5.51. The summed E-state index contributed by atoms with van der Waals surface area (Å²) in [7, 11) is -3.82. The van der Waals surface area contributed by atoms with Gasteiger partial charge in [0.25, 0.3) is 10.0 Å². The van der Waals surface area contributed by atoms with Crippen LogP contribution in [-0.4, -0.2) is 13.4 Å². The van der Waals surface area contributed by atoms with E-state index in [1.165, 1.54) is 17.7 Å². The number of halogens is 1. The topological polar surface area (TPSA) is 71.1 Å². The summed E-state index contributed by atoms with van der Waals surface area (Å²) in [5, 5.41) is 3.34. The lowest BCUT2D eigenvalue weighted by Crippen LogP contribution is -2.13. The largest absolute Gasteiger partial charge is 0.354 e. The van der Waals surface area contributed by atoms with Crippen molar-refractivity contribution in [2.75, 3.05) is 10.0 Å². The van der Waals surface area contributed by atoms with Crippen molar-refractivity contribution in [3.8, 4) is 0 Å². The molecule has 5 nitrogen and oxygen atoms in total. The molecule has 0 atom stereocenters. The lowest BCUT2D eigenvalue weighted by atomic mass is 10.1. The van der Waals surface area contributed by atoms with Crippen molar-refractivity contribution < 1.29 is 12.8 Å². The molecule has 3 aromatic rings. The first-order valence-electron chi connectivity index (χ1n) is 8.49. The number of sulfonamides is 1. The molecular weight excluding hydrogens is 365 g/mol. The summed E-state index contributed by atoms with van der Waals surface area (Å²) in [6.07, 6.45) is 2.46. The maximum atomic E-state index is 13.0. The van der Waals surface area contributed by atoms with Crippen molar-refractivity contribution in [1.29, 1.82) is 0 Å². The van der Waals surface area contributed by atoms with Crippen LogP contribution in [0.4, 0.5) is 21.6 Å². The molecule has 27 heavy (non-hydrogen) atoms. The molecule has 2 N–H and O–H groups in total. The molecule has 2 aromatic carbocycles. The average molecular weight is 385 g/mol. The standard InChI is InChI=1S/C20H20FN3O2S/c1-3-15-6-4-5-14(2)20(15)23-17-9-12-19(22-13-17)24-27(25,26)18-10-7-16(21)8-11-18/h4-13,23H,3H2,1-2H3,(H,22,24). The molecular formula is C20H20FN3O2S. The van der Waals surface area contributed by atoms with E-state index in [0.29, 0.717) is 0 Å². The number of nitrogens with one attached hydrogen (secondary N) is 2. The van der Waals surface area contributed by atoms with E-state index in [1.807, 2.05) is 19.1 Å². The van der Waals surface area contributed by atoms with E-state index in [9.17, 15) is 12.8 Å². The van der Waals surface area contributed by atoms with E-state index in [-0.39, 0.29) is 10.7 Å². The Bertz CT molecular complexity index is 1030. The highest BCUT2D eigenvalue weighted by Crippen LogP contribution is 2.25. The predicted octanol–water partition coefficient (Wildman–Crippen LogP) is 4.64. The van der Waals surface area contributed by atoms with Crippen LogP contribution in [0.3, 0.4) is 0 Å². The SMILES string of the molecule is CCc1cccc(C)c1Nc1ccc(NS(=O)(=O)c2ccc(F)cc2)nc1. The van der Waals surface area contributed by atoms with Crippen LogP contribution in [0.25, 0.3) is 0 Å². The third-order valence-electron chi connectivity index (χ3n) is 4.14. The van der Waals surface area contributed by atoms with E-state index in [1.54, 1.807) is 18.3 Å². The lowest BCUT2D eigenvalue weighted by Gasteiger charge is -2.14. The summed E-state index contributed by atoms with van der Waals surface area (Å²) in [6.45, 7) is 4.12. The Morgan fingerprint density at radius 1 is 1.04 bits per heavy atom. The molecule has 0 radical (unpaired) electrons. The lowest BCUT2D eigenvalue weighted by molar-refractivity contribution is 0.599. The average Bonchev–Trinajstić information content (AvgIpc) is 2.65. The fourth-order valence-electron chi connectivity index (χ4n) is 2.68. The smallest absolute Gasteiger partial charge is 0.263 e. The number of para-hydroxylation sites is 1. The Kier molecular flexibility index (Phi) is 5.41. The number of hydrogen-bond donors (Lipinski definition) is 2. The molecule has 140 valence electrons. The highest BCUT2D eigenvalue weighted by Gasteiger charge is 2.15. The Labute approximate surface area is 158 Å². The van der Waals surface area contributed by atoms with Crippen molar-refractivity contribution in [3.05, 3.63) is 77.7 Å². The highest BCUT2D eigenvalue weighted by molar-refractivity contribution is 7.92. The number of aryl methyl sites for hydroxylation is 2. The molecule has 3 rings (SSSR count). The van der Waals surface area contributed by atoms with Crippen molar-refractivity contribution >= 4 is 27.2 Å². The molecule has 7 heteroatoms. The van der Waals surface area contributed by atoms with E-state index in [0.717, 1.165) is 35.5 Å². The summed E-state index contributed by atoms with van der Waals surface area (Å²) >= 11 is 0. The zero-order chi connectivity index (χ0) is 19.4. The number of pyridine rings is 1. The van der Waals surface area contributed by atoms with Crippen LogP contribution in [0.1, 0.15) is 18.1 Å². The van der Waals surface area contributed by atoms with Crippen LogP contribution in [0.15, 0.2) is 65.7 Å². The first-order valence-corrected chi connectivity index (χ1v) is 9.97. The Morgan fingerprint density at radius 3 is 2.41 bits per heavy atom. The van der Waals surface area contributed by atoms with Crippen molar-refractivity contribution in [1.82, 2.24) is 4.98 Å². The van der Waals surface area contributed by atoms with Crippen LogP contribution < -0.4 is 10.0 Å². The van der Waals surface area contributed by atoms with Crippen molar-refractivity contribution in [2.24, 2.45) is 0 Å². The molecule has 1 aromatic heterocycles. The van der Waals surface area contributed by atoms with Crippen LogP contribution >= 0.6 is 0 Å². The van der Waals surface area contributed by atoms with Crippen LogP contribution in [0.5, 0.6) is 0 Å². The number of nitrogens with zero attached hydrogens (tertiary/aromatic N) is 1. The van der Waals surface area contributed by atoms with Gasteiger partial charge in [0.2, 0.25) is 0 Å². The Morgan fingerprint density at radius 2 is 1.78 bits per heavy atom. The summed E-state index contributed by atoms with van der Waals surface area (Å²) in [5.41, 5.74) is 4.09. The minimum atomic E-state index is -3.82. The van der Waals surface area contributed by atoms with Gasteiger partial charge in [-0.25, -0.2) is 17.8 Å². The van der Waals surface area contributed by atoms with Gasteiger partial charge < -0.3 is 5.32 Å². The Balaban J connectivity index is 1.77. The number of benzene rings is 2. The van der Waals surface area contributed by atoms with Crippen molar-refractivity contribution in [2.45, 2.75) is 25.2 Å². The van der Waals surface area contributed by atoms with E-state index < -0.39 is 15.8 Å². The number of hydrogen-bond acceptors (Lipinski definition) is 4. The summed E-state index contributed by atoms with van der Waals surface area (Å²) in [5.74, 6) is -0.310. The van der Waals surface area contributed by atoms with Gasteiger partial charge >= 0.3 is 0 Å². The molecule has 0 spiro atoms. The minimum Gasteiger partial charge on any atom is -0.354 e.